The van der Waals surface area contributed by atoms with Gasteiger partial charge in [0.2, 0.25) is 0 Å². The van der Waals surface area contributed by atoms with Gasteiger partial charge in [0.05, 0.1) is 25.8 Å². The Hall–Kier alpha value is -1.48. The van der Waals surface area contributed by atoms with Crippen LogP contribution in [0.5, 0.6) is 11.5 Å². The van der Waals surface area contributed by atoms with E-state index in [0.29, 0.717) is 0 Å². The van der Waals surface area contributed by atoms with Crippen molar-refractivity contribution in [3.63, 3.8) is 0 Å². The lowest BCUT2D eigenvalue weighted by molar-refractivity contribution is 0.442. The molecule has 0 spiro atoms. The molecule has 0 heterocycles. The third-order valence-electron chi connectivity index (χ3n) is 2.44. The first-order valence-electron chi connectivity index (χ1n) is 5.24. The van der Waals surface area contributed by atoms with E-state index in [1.165, 1.54) is 24.3 Å². The highest BCUT2D eigenvalue weighted by molar-refractivity contribution is 9.10. The molecule has 20 heavy (non-hydrogen) atoms. The highest BCUT2D eigenvalue weighted by atomic mass is 79.9. The Labute approximate surface area is 132 Å². The number of ether oxygens (including phenoxy) is 1. The number of nitrogens with zero attached hydrogens (tertiary/aromatic N) is 1. The van der Waals surface area contributed by atoms with Gasteiger partial charge in [0.15, 0.2) is 17.3 Å². The van der Waals surface area contributed by atoms with Gasteiger partial charge in [-0.2, -0.15) is 5.26 Å². The summed E-state index contributed by atoms with van der Waals surface area (Å²) in [6.07, 6.45) is 0. The smallest absolute Gasteiger partial charge is 0.181 e. The predicted molar refractivity (Wildman–Crippen MR) is 79.8 cm³/mol. The van der Waals surface area contributed by atoms with Gasteiger partial charge in [0.25, 0.3) is 0 Å². The van der Waals surface area contributed by atoms with Gasteiger partial charge < -0.3 is 10.5 Å². The van der Waals surface area contributed by atoms with E-state index in [2.05, 4.69) is 15.9 Å². The Morgan fingerprint density at radius 2 is 1.85 bits per heavy atom. The van der Waals surface area contributed by atoms with Crippen molar-refractivity contribution >= 4 is 44.8 Å². The molecule has 0 fully saturated rings. The van der Waals surface area contributed by atoms with Crippen LogP contribution in [0.3, 0.4) is 0 Å². The predicted octanol–water partition coefficient (Wildman–Crippen LogP) is 5.14. The van der Waals surface area contributed by atoms with Crippen LogP contribution < -0.4 is 10.5 Å². The van der Waals surface area contributed by atoms with Crippen LogP contribution >= 0.6 is 39.1 Å². The second-order valence-corrected chi connectivity index (χ2v) is 5.36. The van der Waals surface area contributed by atoms with Crippen LogP contribution in [0.4, 0.5) is 10.1 Å². The number of nitrogen functional groups attached to an aromatic ring is 1. The molecular weight excluding hydrogens is 370 g/mol. The molecule has 3 nitrogen and oxygen atoms in total. The number of hydrogen-bond donors (Lipinski definition) is 1. The average molecular weight is 376 g/mol. The summed E-state index contributed by atoms with van der Waals surface area (Å²) < 4.78 is 19.4. The minimum absolute atomic E-state index is 0.0242. The SMILES string of the molecule is N#Cc1ccc(Oc2cc(Cl)c(Cl)cc2N)c(F)c1Br. The fraction of sp³-hybridized carbons (Fsp3) is 0. The fourth-order valence-corrected chi connectivity index (χ4v) is 2.19. The normalized spacial score (nSPS) is 10.2. The van der Waals surface area contributed by atoms with Crippen LogP contribution in [-0.2, 0) is 0 Å². The molecule has 0 saturated carbocycles. The van der Waals surface area contributed by atoms with Crippen LogP contribution in [-0.4, -0.2) is 0 Å². The zero-order valence-corrected chi connectivity index (χ0v) is 12.9. The Bertz CT molecular complexity index is 731. The number of hydrogen-bond acceptors (Lipinski definition) is 3. The molecule has 0 aromatic heterocycles. The summed E-state index contributed by atoms with van der Waals surface area (Å²) >= 11 is 14.7. The maximum Gasteiger partial charge on any atom is 0.181 e. The Morgan fingerprint density at radius 1 is 1.20 bits per heavy atom. The summed E-state index contributed by atoms with van der Waals surface area (Å²) in [5.74, 6) is -0.606. The second-order valence-electron chi connectivity index (χ2n) is 3.76. The number of nitriles is 1. The van der Waals surface area contributed by atoms with Crippen molar-refractivity contribution in [2.45, 2.75) is 0 Å². The average Bonchev–Trinajstić information content (AvgIpc) is 2.41. The van der Waals surface area contributed by atoms with Crippen molar-refractivity contribution in [3.8, 4) is 17.6 Å². The molecule has 0 bridgehead atoms. The van der Waals surface area contributed by atoms with Crippen LogP contribution in [0.15, 0.2) is 28.7 Å². The Morgan fingerprint density at radius 3 is 2.50 bits per heavy atom. The zero-order chi connectivity index (χ0) is 14.9. The van der Waals surface area contributed by atoms with Gasteiger partial charge in [0.1, 0.15) is 6.07 Å². The van der Waals surface area contributed by atoms with E-state index >= 15 is 0 Å². The van der Waals surface area contributed by atoms with Gasteiger partial charge >= 0.3 is 0 Å². The number of rotatable bonds is 2. The summed E-state index contributed by atoms with van der Waals surface area (Å²) in [7, 11) is 0. The van der Waals surface area contributed by atoms with Gasteiger partial charge in [-0.1, -0.05) is 23.2 Å². The van der Waals surface area contributed by atoms with Gasteiger partial charge in [0, 0.05) is 6.07 Å². The quantitative estimate of drug-likeness (QED) is 0.739. The lowest BCUT2D eigenvalue weighted by atomic mass is 10.2. The molecule has 0 aliphatic heterocycles. The van der Waals surface area contributed by atoms with Crippen LogP contribution in [0.25, 0.3) is 0 Å². The van der Waals surface area contributed by atoms with Gasteiger partial charge in [-0.15, -0.1) is 0 Å². The van der Waals surface area contributed by atoms with E-state index in [1.807, 2.05) is 6.07 Å². The summed E-state index contributed by atoms with van der Waals surface area (Å²) in [5.41, 5.74) is 6.11. The third-order valence-corrected chi connectivity index (χ3v) is 3.94. The van der Waals surface area contributed by atoms with E-state index in [9.17, 15) is 4.39 Å². The van der Waals surface area contributed by atoms with Crippen molar-refractivity contribution in [1.82, 2.24) is 0 Å². The molecular formula is C13H6BrCl2FN2O. The third kappa shape index (κ3) is 2.83. The van der Waals surface area contributed by atoms with E-state index in [0.717, 1.165) is 0 Å². The minimum Gasteiger partial charge on any atom is -0.452 e. The van der Waals surface area contributed by atoms with E-state index in [-0.39, 0.29) is 37.3 Å². The van der Waals surface area contributed by atoms with Crippen LogP contribution in [0.1, 0.15) is 5.56 Å². The molecule has 2 aromatic rings. The molecule has 0 amide bonds. The maximum atomic E-state index is 14.0. The standard InChI is InChI=1S/C13H6BrCl2FN2O/c14-12-6(5-18)1-2-10(13(12)17)20-11-4-8(16)7(15)3-9(11)19/h1-4H,19H2. The van der Waals surface area contributed by atoms with Crippen molar-refractivity contribution in [1.29, 1.82) is 5.26 Å². The van der Waals surface area contributed by atoms with E-state index < -0.39 is 5.82 Å². The monoisotopic (exact) mass is 374 g/mol. The van der Waals surface area contributed by atoms with Crippen molar-refractivity contribution in [2.75, 3.05) is 5.73 Å². The lowest BCUT2D eigenvalue weighted by Gasteiger charge is -2.11. The lowest BCUT2D eigenvalue weighted by Crippen LogP contribution is -1.96. The summed E-state index contributed by atoms with van der Waals surface area (Å²) in [6, 6.07) is 7.42. The van der Waals surface area contributed by atoms with Crippen molar-refractivity contribution < 1.29 is 9.13 Å². The number of anilines is 1. The second kappa shape index (κ2) is 5.88. The molecule has 0 saturated heterocycles. The highest BCUT2D eigenvalue weighted by Crippen LogP contribution is 2.37. The van der Waals surface area contributed by atoms with Gasteiger partial charge in [-0.3, -0.25) is 0 Å². The summed E-state index contributed by atoms with van der Waals surface area (Å²) in [5, 5.41) is 9.31. The first-order valence-corrected chi connectivity index (χ1v) is 6.79. The molecule has 0 aliphatic rings. The van der Waals surface area contributed by atoms with E-state index in [1.54, 1.807) is 0 Å². The van der Waals surface area contributed by atoms with Crippen LogP contribution in [0, 0.1) is 17.1 Å². The summed E-state index contributed by atoms with van der Waals surface area (Å²) in [6.45, 7) is 0. The molecule has 102 valence electrons. The first kappa shape index (κ1) is 14.9. The van der Waals surface area contributed by atoms with Gasteiger partial charge in [-0.05, 0) is 34.1 Å². The molecule has 0 radical (unpaired) electrons. The highest BCUT2D eigenvalue weighted by Gasteiger charge is 2.15. The molecule has 0 aliphatic carbocycles. The Kier molecular flexibility index (Phi) is 4.39. The Balaban J connectivity index is 2.44. The number of benzene rings is 2. The minimum atomic E-state index is -0.700. The maximum absolute atomic E-state index is 14.0. The van der Waals surface area contributed by atoms with E-state index in [4.69, 9.17) is 38.9 Å². The summed E-state index contributed by atoms with van der Waals surface area (Å²) in [4.78, 5) is 0. The number of nitrogens with two attached hydrogens (primary N) is 1. The fourth-order valence-electron chi connectivity index (χ4n) is 1.45. The molecule has 2 aromatic carbocycles. The van der Waals surface area contributed by atoms with Gasteiger partial charge in [-0.25, -0.2) is 4.39 Å². The van der Waals surface area contributed by atoms with Crippen molar-refractivity contribution in [3.05, 3.63) is 50.2 Å². The molecule has 7 heteroatoms. The number of halogens is 4. The molecule has 2 rings (SSSR count). The zero-order valence-electron chi connectivity index (χ0n) is 9.75. The molecule has 0 atom stereocenters. The largest absolute Gasteiger partial charge is 0.452 e. The molecule has 0 unspecified atom stereocenters. The first-order chi connectivity index (χ1) is 9.43. The topological polar surface area (TPSA) is 59.0 Å². The molecule has 2 N–H and O–H groups in total. The van der Waals surface area contributed by atoms with Crippen LogP contribution in [0.2, 0.25) is 10.0 Å². The van der Waals surface area contributed by atoms with Crippen molar-refractivity contribution in [2.24, 2.45) is 0 Å².